The van der Waals surface area contributed by atoms with Crippen molar-refractivity contribution in [1.29, 1.82) is 0 Å². The molecule has 1 aliphatic rings. The average Bonchev–Trinajstić information content (AvgIpc) is 2.33. The SMILES string of the molecule is CC1CCC(C(C)C)C(Nc2cc(F)ccc2F)C1. The Morgan fingerprint density at radius 1 is 1.21 bits per heavy atom. The summed E-state index contributed by atoms with van der Waals surface area (Å²) in [4.78, 5) is 0. The zero-order valence-corrected chi connectivity index (χ0v) is 11.9. The van der Waals surface area contributed by atoms with Crippen LogP contribution in [0.4, 0.5) is 14.5 Å². The predicted octanol–water partition coefficient (Wildman–Crippen LogP) is 4.84. The van der Waals surface area contributed by atoms with Crippen molar-refractivity contribution in [1.82, 2.24) is 0 Å². The molecule has 1 aliphatic carbocycles. The molecule has 3 heteroatoms. The predicted molar refractivity (Wildman–Crippen MR) is 75.1 cm³/mol. The van der Waals surface area contributed by atoms with Gasteiger partial charge in [-0.05, 0) is 48.8 Å². The summed E-state index contributed by atoms with van der Waals surface area (Å²) in [6.45, 7) is 6.64. The molecule has 106 valence electrons. The minimum atomic E-state index is -0.395. The van der Waals surface area contributed by atoms with Gasteiger partial charge < -0.3 is 5.32 Å². The van der Waals surface area contributed by atoms with E-state index in [2.05, 4.69) is 26.1 Å². The van der Waals surface area contributed by atoms with Gasteiger partial charge >= 0.3 is 0 Å². The number of nitrogens with one attached hydrogen (secondary N) is 1. The highest BCUT2D eigenvalue weighted by Gasteiger charge is 2.31. The summed E-state index contributed by atoms with van der Waals surface area (Å²) < 4.78 is 26.9. The Hall–Kier alpha value is -1.12. The maximum absolute atomic E-state index is 13.7. The second-order valence-electron chi connectivity index (χ2n) is 6.20. The molecule has 0 heterocycles. The fourth-order valence-corrected chi connectivity index (χ4v) is 3.18. The maximum atomic E-state index is 13.7. The van der Waals surface area contributed by atoms with E-state index in [1.165, 1.54) is 18.6 Å². The Morgan fingerprint density at radius 2 is 1.95 bits per heavy atom. The second kappa shape index (κ2) is 5.89. The normalized spacial score (nSPS) is 27.6. The molecule has 19 heavy (non-hydrogen) atoms. The van der Waals surface area contributed by atoms with Crippen LogP contribution in [0, 0.1) is 29.4 Å². The fourth-order valence-electron chi connectivity index (χ4n) is 3.18. The van der Waals surface area contributed by atoms with Crippen LogP contribution in [0.5, 0.6) is 0 Å². The summed E-state index contributed by atoms with van der Waals surface area (Å²) in [6.07, 6.45) is 3.42. The van der Waals surface area contributed by atoms with E-state index in [4.69, 9.17) is 0 Å². The molecule has 0 aromatic heterocycles. The Kier molecular flexibility index (Phi) is 4.43. The smallest absolute Gasteiger partial charge is 0.146 e. The van der Waals surface area contributed by atoms with Crippen LogP contribution in [0.2, 0.25) is 0 Å². The second-order valence-corrected chi connectivity index (χ2v) is 6.20. The third-order valence-electron chi connectivity index (χ3n) is 4.29. The van der Waals surface area contributed by atoms with Crippen LogP contribution < -0.4 is 5.32 Å². The molecule has 0 amide bonds. The molecule has 2 rings (SSSR count). The van der Waals surface area contributed by atoms with Crippen LogP contribution in [0.1, 0.15) is 40.0 Å². The first-order valence-corrected chi connectivity index (χ1v) is 7.19. The van der Waals surface area contributed by atoms with E-state index >= 15 is 0 Å². The zero-order chi connectivity index (χ0) is 14.0. The molecule has 3 unspecified atom stereocenters. The molecule has 1 saturated carbocycles. The van der Waals surface area contributed by atoms with Crippen molar-refractivity contribution in [3.8, 4) is 0 Å². The Labute approximate surface area is 114 Å². The van der Waals surface area contributed by atoms with Crippen molar-refractivity contribution in [2.75, 3.05) is 5.32 Å². The van der Waals surface area contributed by atoms with Crippen LogP contribution in [-0.4, -0.2) is 6.04 Å². The van der Waals surface area contributed by atoms with Gasteiger partial charge in [-0.3, -0.25) is 0 Å². The molecular weight excluding hydrogens is 244 g/mol. The summed E-state index contributed by atoms with van der Waals surface area (Å²) in [6, 6.07) is 3.84. The molecule has 0 bridgehead atoms. The highest BCUT2D eigenvalue weighted by molar-refractivity contribution is 5.46. The minimum Gasteiger partial charge on any atom is -0.380 e. The monoisotopic (exact) mass is 267 g/mol. The third-order valence-corrected chi connectivity index (χ3v) is 4.29. The number of halogens is 2. The molecule has 1 N–H and O–H groups in total. The van der Waals surface area contributed by atoms with Gasteiger partial charge in [-0.25, -0.2) is 8.78 Å². The topological polar surface area (TPSA) is 12.0 Å². The quantitative estimate of drug-likeness (QED) is 0.826. The Balaban J connectivity index is 2.16. The number of rotatable bonds is 3. The Morgan fingerprint density at radius 3 is 2.63 bits per heavy atom. The highest BCUT2D eigenvalue weighted by atomic mass is 19.1. The van der Waals surface area contributed by atoms with E-state index in [0.717, 1.165) is 18.9 Å². The molecule has 1 fully saturated rings. The van der Waals surface area contributed by atoms with E-state index in [-0.39, 0.29) is 11.9 Å². The van der Waals surface area contributed by atoms with Gasteiger partial charge in [0.05, 0.1) is 5.69 Å². The molecule has 0 aliphatic heterocycles. The summed E-state index contributed by atoms with van der Waals surface area (Å²) in [7, 11) is 0. The van der Waals surface area contributed by atoms with E-state index in [9.17, 15) is 8.78 Å². The van der Waals surface area contributed by atoms with Gasteiger partial charge in [0.25, 0.3) is 0 Å². The van der Waals surface area contributed by atoms with Crippen LogP contribution in [-0.2, 0) is 0 Å². The molecule has 1 aromatic carbocycles. The van der Waals surface area contributed by atoms with E-state index in [1.54, 1.807) is 0 Å². The van der Waals surface area contributed by atoms with Crippen molar-refractivity contribution < 1.29 is 8.78 Å². The first kappa shape index (κ1) is 14.3. The number of hydrogen-bond acceptors (Lipinski definition) is 1. The Bertz CT molecular complexity index is 431. The van der Waals surface area contributed by atoms with Crippen molar-refractivity contribution >= 4 is 5.69 Å². The van der Waals surface area contributed by atoms with Crippen molar-refractivity contribution in [3.63, 3.8) is 0 Å². The van der Waals surface area contributed by atoms with E-state index in [0.29, 0.717) is 23.4 Å². The standard InChI is InChI=1S/C16H23F2N/c1-10(2)13-6-4-11(3)8-15(13)19-16-9-12(17)5-7-14(16)18/h5,7,9-11,13,15,19H,4,6,8H2,1-3H3. The lowest BCUT2D eigenvalue weighted by Gasteiger charge is -2.38. The van der Waals surface area contributed by atoms with Gasteiger partial charge in [-0.2, -0.15) is 0 Å². The number of hydrogen-bond donors (Lipinski definition) is 1. The molecule has 0 saturated heterocycles. The number of anilines is 1. The van der Waals surface area contributed by atoms with Crippen molar-refractivity contribution in [2.24, 2.45) is 17.8 Å². The molecule has 0 radical (unpaired) electrons. The molecular formula is C16H23F2N. The third kappa shape index (κ3) is 3.46. The van der Waals surface area contributed by atoms with Gasteiger partial charge in [0.15, 0.2) is 0 Å². The van der Waals surface area contributed by atoms with Crippen LogP contribution >= 0.6 is 0 Å². The largest absolute Gasteiger partial charge is 0.380 e. The summed E-state index contributed by atoms with van der Waals surface area (Å²) in [5.74, 6) is 0.959. The lowest BCUT2D eigenvalue weighted by molar-refractivity contribution is 0.211. The van der Waals surface area contributed by atoms with Gasteiger partial charge in [-0.15, -0.1) is 0 Å². The first-order chi connectivity index (χ1) is 8.97. The summed E-state index contributed by atoms with van der Waals surface area (Å²) >= 11 is 0. The van der Waals surface area contributed by atoms with E-state index < -0.39 is 5.82 Å². The maximum Gasteiger partial charge on any atom is 0.146 e. The van der Waals surface area contributed by atoms with Gasteiger partial charge in [0.1, 0.15) is 11.6 Å². The van der Waals surface area contributed by atoms with Crippen LogP contribution in [0.25, 0.3) is 0 Å². The molecule has 3 atom stereocenters. The fraction of sp³-hybridized carbons (Fsp3) is 0.625. The molecule has 0 spiro atoms. The van der Waals surface area contributed by atoms with Crippen molar-refractivity contribution in [2.45, 2.75) is 46.1 Å². The summed E-state index contributed by atoms with van der Waals surface area (Å²) in [5.41, 5.74) is 0.296. The highest BCUT2D eigenvalue weighted by Crippen LogP contribution is 2.35. The molecule has 1 aromatic rings. The van der Waals surface area contributed by atoms with Gasteiger partial charge in [0, 0.05) is 6.04 Å². The lowest BCUT2D eigenvalue weighted by atomic mass is 9.74. The van der Waals surface area contributed by atoms with E-state index in [1.807, 2.05) is 0 Å². The van der Waals surface area contributed by atoms with Gasteiger partial charge in [0.2, 0.25) is 0 Å². The van der Waals surface area contributed by atoms with Crippen molar-refractivity contribution in [3.05, 3.63) is 29.8 Å². The molecule has 1 nitrogen and oxygen atoms in total. The average molecular weight is 267 g/mol. The lowest BCUT2D eigenvalue weighted by Crippen LogP contribution is -2.38. The van der Waals surface area contributed by atoms with Crippen LogP contribution in [0.3, 0.4) is 0 Å². The number of benzene rings is 1. The minimum absolute atomic E-state index is 0.236. The first-order valence-electron chi connectivity index (χ1n) is 7.19. The van der Waals surface area contributed by atoms with Gasteiger partial charge in [-0.1, -0.05) is 27.2 Å². The van der Waals surface area contributed by atoms with Crippen LogP contribution in [0.15, 0.2) is 18.2 Å². The zero-order valence-electron chi connectivity index (χ0n) is 11.9. The summed E-state index contributed by atoms with van der Waals surface area (Å²) in [5, 5.41) is 3.24.